The van der Waals surface area contributed by atoms with Crippen LogP contribution in [0, 0.1) is 0 Å². The Morgan fingerprint density at radius 2 is 0.762 bits per heavy atom. The summed E-state index contributed by atoms with van der Waals surface area (Å²) in [7, 11) is 0. The van der Waals surface area contributed by atoms with E-state index in [0.29, 0.717) is 34.7 Å². The van der Waals surface area contributed by atoms with Crippen LogP contribution in [0.3, 0.4) is 0 Å². The molecule has 0 amide bonds. The fraction of sp³-hybridized carbons (Fsp3) is 0.0172. The van der Waals surface area contributed by atoms with Gasteiger partial charge in [-0.2, -0.15) is 0 Å². The first-order valence-electron chi connectivity index (χ1n) is 21.2. The van der Waals surface area contributed by atoms with Gasteiger partial charge in [0.25, 0.3) is 0 Å². The average molecular weight is 808 g/mol. The van der Waals surface area contributed by atoms with Crippen molar-refractivity contribution in [3.05, 3.63) is 247 Å². The normalized spacial score (nSPS) is 12.8. The van der Waals surface area contributed by atoms with Crippen LogP contribution in [0.15, 0.2) is 224 Å². The maximum absolute atomic E-state index is 7.03. The van der Waals surface area contributed by atoms with E-state index in [4.69, 9.17) is 24.4 Å². The third-order valence-electron chi connectivity index (χ3n) is 12.3. The predicted octanol–water partition coefficient (Wildman–Crippen LogP) is 14.5. The molecule has 1 aromatic heterocycles. The smallest absolute Gasteiger partial charge is 0.178 e. The lowest BCUT2D eigenvalue weighted by Crippen LogP contribution is -2.28. The predicted molar refractivity (Wildman–Crippen MR) is 251 cm³/mol. The summed E-state index contributed by atoms with van der Waals surface area (Å²) in [5.74, 6) is 4.48. The van der Waals surface area contributed by atoms with Crippen molar-refractivity contribution in [3.63, 3.8) is 0 Å². The molecule has 2 aliphatic rings. The maximum Gasteiger partial charge on any atom is 0.178 e. The summed E-state index contributed by atoms with van der Waals surface area (Å²) in [5, 5.41) is 0. The van der Waals surface area contributed by atoms with Crippen LogP contribution in [-0.2, 0) is 5.41 Å². The summed E-state index contributed by atoms with van der Waals surface area (Å²) in [6, 6.07) is 77.8. The Balaban J connectivity index is 0.957. The Morgan fingerprint density at radius 3 is 1.43 bits per heavy atom. The summed E-state index contributed by atoms with van der Waals surface area (Å²) in [5.41, 5.74) is 13.2. The number of fused-ring (bicyclic) bond motifs is 6. The molecule has 2 heterocycles. The Labute approximate surface area is 365 Å². The molecule has 0 bridgehead atoms. The van der Waals surface area contributed by atoms with Gasteiger partial charge in [0.05, 0.1) is 5.41 Å². The number of benzene rings is 9. The monoisotopic (exact) mass is 807 g/mol. The molecule has 5 heteroatoms. The van der Waals surface area contributed by atoms with Crippen LogP contribution in [0.25, 0.3) is 67.5 Å². The van der Waals surface area contributed by atoms with Crippen molar-refractivity contribution in [2.24, 2.45) is 0 Å². The van der Waals surface area contributed by atoms with Crippen molar-refractivity contribution < 1.29 is 9.47 Å². The van der Waals surface area contributed by atoms with Gasteiger partial charge in [0.15, 0.2) is 40.5 Å². The van der Waals surface area contributed by atoms with E-state index in [-0.39, 0.29) is 0 Å². The van der Waals surface area contributed by atoms with E-state index in [9.17, 15) is 0 Å². The molecule has 0 radical (unpaired) electrons. The number of ether oxygens (including phenoxy) is 2. The fourth-order valence-corrected chi connectivity index (χ4v) is 9.46. The standard InChI is InChI=1S/C58H37N3O2/c1-5-18-38(19-6-1)40-22-15-24-42(36-40)56-59-55(39-20-7-2-8-21-39)60-57(61-56)43-25-16-23-41(37-43)46-31-17-33-50-53(46)62-51-35-34-49-52(54(51)63-50)47-30-13-14-32-48(47)58(49,44-26-9-3-10-27-44)45-28-11-4-12-29-45/h1-37H. The molecular weight excluding hydrogens is 771 g/mol. The fourth-order valence-electron chi connectivity index (χ4n) is 9.46. The molecule has 0 unspecified atom stereocenters. The van der Waals surface area contributed by atoms with E-state index in [1.807, 2.05) is 60.7 Å². The molecule has 0 spiro atoms. The highest BCUT2D eigenvalue weighted by Gasteiger charge is 2.48. The van der Waals surface area contributed by atoms with Gasteiger partial charge in [0.2, 0.25) is 0 Å². The Kier molecular flexibility index (Phi) is 8.64. The molecule has 1 aliphatic heterocycles. The van der Waals surface area contributed by atoms with Crippen LogP contribution >= 0.6 is 0 Å². The average Bonchev–Trinajstić information content (AvgIpc) is 3.68. The molecular formula is C58H37N3O2. The van der Waals surface area contributed by atoms with Gasteiger partial charge in [-0.3, -0.25) is 0 Å². The molecule has 0 N–H and O–H groups in total. The second-order valence-electron chi connectivity index (χ2n) is 15.9. The summed E-state index contributed by atoms with van der Waals surface area (Å²) >= 11 is 0. The summed E-state index contributed by atoms with van der Waals surface area (Å²) in [4.78, 5) is 15.2. The molecule has 0 saturated heterocycles. The van der Waals surface area contributed by atoms with Crippen LogP contribution in [0.5, 0.6) is 23.0 Å². The van der Waals surface area contributed by atoms with Crippen LogP contribution in [-0.4, -0.2) is 15.0 Å². The second kappa shape index (κ2) is 14.9. The first-order valence-corrected chi connectivity index (χ1v) is 21.2. The van der Waals surface area contributed by atoms with Gasteiger partial charge < -0.3 is 9.47 Å². The minimum atomic E-state index is -0.546. The van der Waals surface area contributed by atoms with E-state index in [2.05, 4.69) is 164 Å². The molecule has 0 saturated carbocycles. The first kappa shape index (κ1) is 36.4. The van der Waals surface area contributed by atoms with Crippen molar-refractivity contribution in [1.29, 1.82) is 0 Å². The van der Waals surface area contributed by atoms with Crippen molar-refractivity contribution in [1.82, 2.24) is 15.0 Å². The molecule has 9 aromatic carbocycles. The Morgan fingerprint density at radius 1 is 0.302 bits per heavy atom. The van der Waals surface area contributed by atoms with Gasteiger partial charge in [0.1, 0.15) is 0 Å². The molecule has 0 atom stereocenters. The maximum atomic E-state index is 7.03. The van der Waals surface area contributed by atoms with Crippen molar-refractivity contribution >= 4 is 0 Å². The first-order chi connectivity index (χ1) is 31.2. The topological polar surface area (TPSA) is 57.1 Å². The Hall–Kier alpha value is -8.41. The van der Waals surface area contributed by atoms with Crippen molar-refractivity contribution in [3.8, 4) is 90.5 Å². The molecule has 1 aliphatic carbocycles. The van der Waals surface area contributed by atoms with Gasteiger partial charge in [0, 0.05) is 27.8 Å². The summed E-state index contributed by atoms with van der Waals surface area (Å²) in [6.07, 6.45) is 0. The minimum Gasteiger partial charge on any atom is -0.449 e. The highest BCUT2D eigenvalue weighted by Crippen LogP contribution is 2.62. The van der Waals surface area contributed by atoms with Crippen molar-refractivity contribution in [2.45, 2.75) is 5.41 Å². The van der Waals surface area contributed by atoms with Crippen LogP contribution < -0.4 is 9.47 Å². The number of hydrogen-bond acceptors (Lipinski definition) is 5. The largest absolute Gasteiger partial charge is 0.449 e. The van der Waals surface area contributed by atoms with Crippen LogP contribution in [0.4, 0.5) is 0 Å². The number of aromatic nitrogens is 3. The molecule has 12 rings (SSSR count). The van der Waals surface area contributed by atoms with Crippen LogP contribution in [0.1, 0.15) is 22.3 Å². The summed E-state index contributed by atoms with van der Waals surface area (Å²) < 4.78 is 14.0. The van der Waals surface area contributed by atoms with Crippen LogP contribution in [0.2, 0.25) is 0 Å². The molecule has 5 nitrogen and oxygen atoms in total. The molecule has 10 aromatic rings. The third-order valence-corrected chi connectivity index (χ3v) is 12.3. The third kappa shape index (κ3) is 6.05. The second-order valence-corrected chi connectivity index (χ2v) is 15.9. The van der Waals surface area contributed by atoms with E-state index >= 15 is 0 Å². The lowest BCUT2D eigenvalue weighted by Gasteiger charge is -2.34. The van der Waals surface area contributed by atoms with E-state index in [0.717, 1.165) is 61.4 Å². The number of hydrogen-bond donors (Lipinski definition) is 0. The van der Waals surface area contributed by atoms with E-state index in [1.54, 1.807) is 0 Å². The van der Waals surface area contributed by atoms with Gasteiger partial charge in [-0.15, -0.1) is 0 Å². The number of para-hydroxylation sites is 1. The lowest BCUT2D eigenvalue weighted by molar-refractivity contribution is 0.361. The van der Waals surface area contributed by atoms with Gasteiger partial charge >= 0.3 is 0 Å². The zero-order valence-corrected chi connectivity index (χ0v) is 34.0. The minimum absolute atomic E-state index is 0.546. The molecule has 296 valence electrons. The number of nitrogens with zero attached hydrogens (tertiary/aromatic N) is 3. The highest BCUT2D eigenvalue weighted by atomic mass is 16.6. The molecule has 63 heavy (non-hydrogen) atoms. The molecule has 0 fully saturated rings. The van der Waals surface area contributed by atoms with E-state index < -0.39 is 5.41 Å². The summed E-state index contributed by atoms with van der Waals surface area (Å²) in [6.45, 7) is 0. The highest BCUT2D eigenvalue weighted by molar-refractivity contribution is 5.92. The van der Waals surface area contributed by atoms with Gasteiger partial charge in [-0.1, -0.05) is 200 Å². The van der Waals surface area contributed by atoms with Crippen molar-refractivity contribution in [2.75, 3.05) is 0 Å². The van der Waals surface area contributed by atoms with Gasteiger partial charge in [-0.25, -0.2) is 15.0 Å². The zero-order valence-electron chi connectivity index (χ0n) is 34.0. The SMILES string of the molecule is c1ccc(-c2cccc(-c3nc(-c4ccccc4)nc(-c4cccc(-c5cccc6c5Oc5ccc7c(c5O6)-c5ccccc5C7(c5ccccc5)c5ccccc5)c4)n3)c2)cc1. The van der Waals surface area contributed by atoms with Gasteiger partial charge in [-0.05, 0) is 68.8 Å². The Bertz CT molecular complexity index is 3300. The zero-order chi connectivity index (χ0) is 41.7. The van der Waals surface area contributed by atoms with E-state index in [1.165, 1.54) is 16.7 Å². The lowest BCUT2D eigenvalue weighted by atomic mass is 9.68. The number of rotatable bonds is 7. The quantitative estimate of drug-likeness (QED) is 0.161.